The minimum Gasteiger partial charge on any atom is -0.310 e. The van der Waals surface area contributed by atoms with E-state index in [0.717, 1.165) is 46.1 Å². The van der Waals surface area contributed by atoms with Gasteiger partial charge in [0.1, 0.15) is 0 Å². The van der Waals surface area contributed by atoms with E-state index in [0.29, 0.717) is 0 Å². The standard InChI is InChI=1S/C46H36N2/c1-46(2)33-35-17-15-16-26-43(35)44-28-27-34(31-45(44)46)36-29-41(47(37-18-7-3-8-19-37)38-20-9-4-10-21-38)32-42(30-36)48(39-22-11-5-12-23-39)40-24-13-6-14-25-40/h3-5,7-13,15-32H,33H2,1-2H3. The molecule has 0 saturated heterocycles. The van der Waals surface area contributed by atoms with Gasteiger partial charge < -0.3 is 9.80 Å². The normalized spacial score (nSPS) is 12.7. The van der Waals surface area contributed by atoms with Gasteiger partial charge in [0, 0.05) is 34.5 Å². The largest absolute Gasteiger partial charge is 0.310 e. The fraction of sp³-hybridized carbons (Fsp3) is 0.0870. The van der Waals surface area contributed by atoms with Crippen LogP contribution in [0.5, 0.6) is 0 Å². The predicted molar refractivity (Wildman–Crippen MR) is 201 cm³/mol. The zero-order valence-corrected chi connectivity index (χ0v) is 27.3. The van der Waals surface area contributed by atoms with E-state index in [4.69, 9.17) is 0 Å². The van der Waals surface area contributed by atoms with Crippen LogP contribution in [0.15, 0.2) is 170 Å². The Labute approximate surface area is 284 Å². The molecule has 1 aliphatic carbocycles. The van der Waals surface area contributed by atoms with Crippen molar-refractivity contribution >= 4 is 34.1 Å². The van der Waals surface area contributed by atoms with E-state index in [9.17, 15) is 0 Å². The molecule has 2 nitrogen and oxygen atoms in total. The van der Waals surface area contributed by atoms with Crippen LogP contribution in [0.4, 0.5) is 34.1 Å². The average Bonchev–Trinajstić information content (AvgIpc) is 3.13. The van der Waals surface area contributed by atoms with Gasteiger partial charge in [0.2, 0.25) is 0 Å². The molecule has 0 radical (unpaired) electrons. The summed E-state index contributed by atoms with van der Waals surface area (Å²) in [6, 6.07) is 67.0. The Morgan fingerprint density at radius 3 is 1.60 bits per heavy atom. The lowest BCUT2D eigenvalue weighted by molar-refractivity contribution is 0.517. The maximum atomic E-state index is 3.19. The van der Waals surface area contributed by atoms with Gasteiger partial charge in [-0.2, -0.15) is 0 Å². The summed E-state index contributed by atoms with van der Waals surface area (Å²) in [7, 11) is 0. The fourth-order valence-electron chi connectivity index (χ4n) is 7.15. The second-order valence-corrected chi connectivity index (χ2v) is 13.1. The Morgan fingerprint density at radius 1 is 0.458 bits per heavy atom. The maximum absolute atomic E-state index is 3.19. The number of fused-ring (bicyclic) bond motifs is 3. The highest BCUT2D eigenvalue weighted by Gasteiger charge is 2.31. The summed E-state index contributed by atoms with van der Waals surface area (Å²) in [6.45, 7) is 4.75. The lowest BCUT2D eigenvalue weighted by atomic mass is 9.69. The van der Waals surface area contributed by atoms with Gasteiger partial charge in [-0.15, -0.1) is 0 Å². The van der Waals surface area contributed by atoms with Gasteiger partial charge in [-0.3, -0.25) is 0 Å². The maximum Gasteiger partial charge on any atom is 0.0551 e. The molecule has 1 aliphatic rings. The first kappa shape index (κ1) is 29.4. The summed E-state index contributed by atoms with van der Waals surface area (Å²) in [5, 5.41) is 0. The van der Waals surface area contributed by atoms with Gasteiger partial charge in [-0.05, 0) is 118 Å². The number of nitrogens with zero attached hydrogens (tertiary/aromatic N) is 2. The second kappa shape index (κ2) is 12.3. The molecule has 7 aromatic carbocycles. The number of hydrogen-bond acceptors (Lipinski definition) is 2. The van der Waals surface area contributed by atoms with Gasteiger partial charge in [0.05, 0.1) is 5.69 Å². The Bertz CT molecular complexity index is 1990. The Kier molecular flexibility index (Phi) is 7.52. The molecule has 8 rings (SSSR count). The minimum atomic E-state index is 0.00664. The highest BCUT2D eigenvalue weighted by Crippen LogP contribution is 2.47. The number of anilines is 6. The number of hydrogen-bond donors (Lipinski definition) is 0. The molecule has 0 heterocycles. The van der Waals surface area contributed by atoms with Crippen molar-refractivity contribution < 1.29 is 0 Å². The predicted octanol–water partition coefficient (Wildman–Crippen LogP) is 12.4. The summed E-state index contributed by atoms with van der Waals surface area (Å²) in [5.41, 5.74) is 14.3. The van der Waals surface area contributed by atoms with Crippen molar-refractivity contribution in [2.45, 2.75) is 25.7 Å². The van der Waals surface area contributed by atoms with Crippen LogP contribution in [0.25, 0.3) is 22.3 Å². The van der Waals surface area contributed by atoms with Crippen LogP contribution < -0.4 is 9.80 Å². The highest BCUT2D eigenvalue weighted by atomic mass is 15.2. The van der Waals surface area contributed by atoms with E-state index in [2.05, 4.69) is 194 Å². The molecule has 0 N–H and O–H groups in total. The molecule has 2 heteroatoms. The van der Waals surface area contributed by atoms with Crippen molar-refractivity contribution in [2.75, 3.05) is 9.80 Å². The molecule has 0 unspecified atom stereocenters. The van der Waals surface area contributed by atoms with Crippen LogP contribution in [-0.4, -0.2) is 0 Å². The molecule has 0 bridgehead atoms. The third-order valence-corrected chi connectivity index (χ3v) is 9.38. The van der Waals surface area contributed by atoms with Gasteiger partial charge >= 0.3 is 0 Å². The van der Waals surface area contributed by atoms with Crippen LogP contribution in [0, 0.1) is 12.1 Å². The van der Waals surface area contributed by atoms with Gasteiger partial charge in [0.25, 0.3) is 0 Å². The van der Waals surface area contributed by atoms with Crippen LogP contribution >= 0.6 is 0 Å². The summed E-state index contributed by atoms with van der Waals surface area (Å²) in [4.78, 5) is 4.66. The molecule has 0 aromatic heterocycles. The first-order valence-corrected chi connectivity index (χ1v) is 16.6. The molecule has 0 aliphatic heterocycles. The zero-order chi connectivity index (χ0) is 32.5. The Morgan fingerprint density at radius 2 is 1.02 bits per heavy atom. The smallest absolute Gasteiger partial charge is 0.0551 e. The van der Waals surface area contributed by atoms with Crippen LogP contribution in [-0.2, 0) is 11.8 Å². The van der Waals surface area contributed by atoms with Crippen molar-refractivity contribution in [3.05, 3.63) is 193 Å². The summed E-state index contributed by atoms with van der Waals surface area (Å²) in [5.74, 6) is 0. The minimum absolute atomic E-state index is 0.00664. The van der Waals surface area contributed by atoms with Crippen LogP contribution in [0.1, 0.15) is 25.0 Å². The lowest BCUT2D eigenvalue weighted by Gasteiger charge is -2.35. The molecular weight excluding hydrogens is 581 g/mol. The quantitative estimate of drug-likeness (QED) is 0.176. The zero-order valence-electron chi connectivity index (χ0n) is 27.3. The fourth-order valence-corrected chi connectivity index (χ4v) is 7.15. The number of rotatable bonds is 7. The van der Waals surface area contributed by atoms with Crippen molar-refractivity contribution in [1.82, 2.24) is 0 Å². The van der Waals surface area contributed by atoms with Gasteiger partial charge in [0.15, 0.2) is 0 Å². The third-order valence-electron chi connectivity index (χ3n) is 9.38. The van der Waals surface area contributed by atoms with E-state index in [1.807, 2.05) is 12.1 Å². The van der Waals surface area contributed by atoms with Crippen LogP contribution in [0.2, 0.25) is 0 Å². The summed E-state index contributed by atoms with van der Waals surface area (Å²) in [6.07, 6.45) is 1.02. The topological polar surface area (TPSA) is 6.48 Å². The van der Waals surface area contributed by atoms with Crippen LogP contribution in [0.3, 0.4) is 0 Å². The number of benzene rings is 6. The molecule has 0 saturated carbocycles. The van der Waals surface area contributed by atoms with Crippen molar-refractivity contribution in [3.8, 4) is 22.3 Å². The van der Waals surface area contributed by atoms with Gasteiger partial charge in [-0.1, -0.05) is 117 Å². The Balaban J connectivity index is 1.38. The molecule has 0 amide bonds. The van der Waals surface area contributed by atoms with Crippen molar-refractivity contribution in [1.29, 1.82) is 0 Å². The highest BCUT2D eigenvalue weighted by molar-refractivity contribution is 5.88. The first-order chi connectivity index (χ1) is 23.5. The summed E-state index contributed by atoms with van der Waals surface area (Å²) < 4.78 is 0. The van der Waals surface area contributed by atoms with E-state index in [-0.39, 0.29) is 5.41 Å². The molecule has 48 heavy (non-hydrogen) atoms. The van der Waals surface area contributed by atoms with E-state index in [1.165, 1.54) is 27.8 Å². The number of para-hydroxylation sites is 3. The van der Waals surface area contributed by atoms with E-state index in [1.54, 1.807) is 0 Å². The molecular formula is C46H36N2. The SMILES string of the molecule is CC1(C)Cc2ccccc2-c2ccc(-c3cc(N(c4cc#ccc4)c4ccccc4)cc(N(c4ccccc4)c4ccccc4)c3)cc21. The van der Waals surface area contributed by atoms with E-state index >= 15 is 0 Å². The summed E-state index contributed by atoms with van der Waals surface area (Å²) >= 11 is 0. The van der Waals surface area contributed by atoms with Crippen molar-refractivity contribution in [3.63, 3.8) is 0 Å². The first-order valence-electron chi connectivity index (χ1n) is 16.6. The average molecular weight is 617 g/mol. The molecule has 7 aromatic rings. The van der Waals surface area contributed by atoms with Gasteiger partial charge in [-0.25, -0.2) is 0 Å². The van der Waals surface area contributed by atoms with Crippen molar-refractivity contribution in [2.24, 2.45) is 0 Å². The monoisotopic (exact) mass is 616 g/mol. The molecule has 0 spiro atoms. The third kappa shape index (κ3) is 5.51. The molecule has 0 atom stereocenters. The van der Waals surface area contributed by atoms with E-state index < -0.39 is 0 Å². The molecule has 0 fully saturated rings. The second-order valence-electron chi connectivity index (χ2n) is 13.1. The molecule has 230 valence electrons. The lowest BCUT2D eigenvalue weighted by Crippen LogP contribution is -2.25. The Hall–Kier alpha value is -6.04.